The van der Waals surface area contributed by atoms with Crippen molar-refractivity contribution >= 4 is 11.7 Å². The van der Waals surface area contributed by atoms with Crippen LogP contribution in [0.3, 0.4) is 0 Å². The van der Waals surface area contributed by atoms with Gasteiger partial charge in [-0.3, -0.25) is 9.59 Å². The van der Waals surface area contributed by atoms with Gasteiger partial charge >= 0.3 is 0 Å². The number of nitrogens with one attached hydrogen (secondary N) is 2. The lowest BCUT2D eigenvalue weighted by molar-refractivity contribution is 0.102. The van der Waals surface area contributed by atoms with Gasteiger partial charge in [0.25, 0.3) is 5.91 Å². The number of hydrogen-bond donors (Lipinski definition) is 3. The van der Waals surface area contributed by atoms with Crippen LogP contribution < -0.4 is 16.5 Å². The van der Waals surface area contributed by atoms with E-state index in [-0.39, 0.29) is 17.5 Å². The summed E-state index contributed by atoms with van der Waals surface area (Å²) in [5.41, 5.74) is 5.63. The van der Waals surface area contributed by atoms with Gasteiger partial charge in [0.2, 0.25) is 0 Å². The van der Waals surface area contributed by atoms with Crippen molar-refractivity contribution in [1.29, 1.82) is 0 Å². The van der Waals surface area contributed by atoms with Crippen LogP contribution >= 0.6 is 0 Å². The minimum absolute atomic E-state index is 0.0211. The molecule has 100 valence electrons. The summed E-state index contributed by atoms with van der Waals surface area (Å²) in [6.45, 7) is 0.253. The third-order valence-corrected chi connectivity index (χ3v) is 2.41. The average molecular weight is 268 g/mol. The van der Waals surface area contributed by atoms with Crippen LogP contribution in [-0.4, -0.2) is 22.4 Å². The molecule has 0 atom stereocenters. The van der Waals surface area contributed by atoms with Crippen molar-refractivity contribution in [3.8, 4) is 11.8 Å². The fraction of sp³-hybridized carbons (Fsp3) is 0.0714. The van der Waals surface area contributed by atoms with E-state index in [0.29, 0.717) is 11.4 Å². The van der Waals surface area contributed by atoms with Gasteiger partial charge in [-0.15, -0.1) is 0 Å². The molecule has 0 aliphatic carbocycles. The molecule has 2 aromatic heterocycles. The number of nitrogens with zero attached hydrogens (tertiary/aromatic N) is 1. The van der Waals surface area contributed by atoms with Crippen molar-refractivity contribution in [1.82, 2.24) is 9.97 Å². The van der Waals surface area contributed by atoms with Crippen molar-refractivity contribution in [2.75, 3.05) is 11.9 Å². The van der Waals surface area contributed by atoms with Crippen LogP contribution in [0.5, 0.6) is 0 Å². The zero-order valence-corrected chi connectivity index (χ0v) is 10.5. The van der Waals surface area contributed by atoms with Crippen molar-refractivity contribution < 1.29 is 4.79 Å². The third-order valence-electron chi connectivity index (χ3n) is 2.41. The molecule has 0 saturated heterocycles. The van der Waals surface area contributed by atoms with E-state index in [1.54, 1.807) is 12.1 Å². The van der Waals surface area contributed by atoms with Crippen LogP contribution in [0.25, 0.3) is 0 Å². The highest BCUT2D eigenvalue weighted by molar-refractivity contribution is 6.03. The van der Waals surface area contributed by atoms with E-state index in [1.165, 1.54) is 24.7 Å². The molecule has 0 radical (unpaired) electrons. The molecule has 0 fully saturated rings. The van der Waals surface area contributed by atoms with E-state index in [0.717, 1.165) is 0 Å². The monoisotopic (exact) mass is 268 g/mol. The highest BCUT2D eigenvalue weighted by Gasteiger charge is 2.10. The second-order valence-corrected chi connectivity index (χ2v) is 3.81. The van der Waals surface area contributed by atoms with E-state index in [9.17, 15) is 9.59 Å². The molecule has 1 amide bonds. The zero-order chi connectivity index (χ0) is 14.4. The Labute approximate surface area is 115 Å². The van der Waals surface area contributed by atoms with Crippen LogP contribution in [-0.2, 0) is 0 Å². The lowest BCUT2D eigenvalue weighted by atomic mass is 10.2. The topological polar surface area (TPSA) is 101 Å². The van der Waals surface area contributed by atoms with Crippen LogP contribution in [0.1, 0.15) is 15.9 Å². The van der Waals surface area contributed by atoms with E-state index >= 15 is 0 Å². The number of rotatable bonds is 2. The first kappa shape index (κ1) is 13.5. The van der Waals surface area contributed by atoms with Gasteiger partial charge < -0.3 is 16.0 Å². The summed E-state index contributed by atoms with van der Waals surface area (Å²) >= 11 is 0. The molecule has 0 bridgehead atoms. The van der Waals surface area contributed by atoms with Gasteiger partial charge in [-0.2, -0.15) is 0 Å². The summed E-state index contributed by atoms with van der Waals surface area (Å²) < 4.78 is 0. The molecule has 6 heteroatoms. The van der Waals surface area contributed by atoms with Crippen LogP contribution in [0.2, 0.25) is 0 Å². The average Bonchev–Trinajstić information content (AvgIpc) is 2.46. The number of hydrogen-bond acceptors (Lipinski definition) is 4. The standard InChI is InChI=1S/C14H12N4O2/c15-5-1-2-10-3-7-17-13(8-10)18-14(20)11-9-16-6-4-12(11)19/h3-4,6-9H,5,15H2,(H,16,19)(H,17,18,20). The number of carbonyl (C=O) groups excluding carboxylic acids is 1. The van der Waals surface area contributed by atoms with Gasteiger partial charge in [0.1, 0.15) is 11.4 Å². The number of H-pyrrole nitrogens is 1. The smallest absolute Gasteiger partial charge is 0.262 e. The van der Waals surface area contributed by atoms with Gasteiger partial charge in [-0.1, -0.05) is 11.8 Å². The van der Waals surface area contributed by atoms with Gasteiger partial charge in [0.15, 0.2) is 5.43 Å². The lowest BCUT2D eigenvalue weighted by Crippen LogP contribution is -2.21. The number of carbonyl (C=O) groups is 1. The van der Waals surface area contributed by atoms with Gasteiger partial charge in [-0.25, -0.2) is 4.98 Å². The Morgan fingerprint density at radius 1 is 1.45 bits per heavy atom. The Balaban J connectivity index is 2.20. The summed E-state index contributed by atoms with van der Waals surface area (Å²) in [5, 5.41) is 2.55. The first-order valence-corrected chi connectivity index (χ1v) is 5.84. The Hall–Kier alpha value is -2.91. The Morgan fingerprint density at radius 2 is 2.30 bits per heavy atom. The molecular weight excluding hydrogens is 256 g/mol. The molecule has 0 saturated carbocycles. The summed E-state index contributed by atoms with van der Waals surface area (Å²) in [6.07, 6.45) is 4.32. The lowest BCUT2D eigenvalue weighted by Gasteiger charge is -2.03. The largest absolute Gasteiger partial charge is 0.367 e. The minimum Gasteiger partial charge on any atom is -0.367 e. The number of amides is 1. The molecule has 2 rings (SSSR count). The number of pyridine rings is 2. The van der Waals surface area contributed by atoms with Crippen LogP contribution in [0.4, 0.5) is 5.82 Å². The molecule has 0 aliphatic heterocycles. The predicted molar refractivity (Wildman–Crippen MR) is 75.2 cm³/mol. The molecular formula is C14H12N4O2. The fourth-order valence-electron chi connectivity index (χ4n) is 1.51. The van der Waals surface area contributed by atoms with E-state index in [4.69, 9.17) is 5.73 Å². The maximum atomic E-state index is 11.9. The van der Waals surface area contributed by atoms with Crippen molar-refractivity contribution in [3.63, 3.8) is 0 Å². The van der Waals surface area contributed by atoms with Crippen molar-refractivity contribution in [3.05, 3.63) is 58.1 Å². The Bertz CT molecular complexity index is 740. The molecule has 2 aromatic rings. The number of anilines is 1. The second kappa shape index (κ2) is 6.31. The van der Waals surface area contributed by atoms with E-state index in [1.807, 2.05) is 0 Å². The molecule has 2 heterocycles. The molecule has 20 heavy (non-hydrogen) atoms. The first-order chi connectivity index (χ1) is 9.70. The molecule has 0 aromatic carbocycles. The van der Waals surface area contributed by atoms with Crippen LogP contribution in [0.15, 0.2) is 41.6 Å². The predicted octanol–water partition coefficient (Wildman–Crippen LogP) is 0.332. The highest BCUT2D eigenvalue weighted by Crippen LogP contribution is 2.06. The highest BCUT2D eigenvalue weighted by atomic mass is 16.2. The van der Waals surface area contributed by atoms with E-state index < -0.39 is 5.91 Å². The number of nitrogens with two attached hydrogens (primary N) is 1. The molecule has 0 spiro atoms. The summed E-state index contributed by atoms with van der Waals surface area (Å²) in [4.78, 5) is 30.1. The van der Waals surface area contributed by atoms with Crippen molar-refractivity contribution in [2.24, 2.45) is 5.73 Å². The number of aromatic nitrogens is 2. The van der Waals surface area contributed by atoms with Gasteiger partial charge in [0, 0.05) is 30.2 Å². The zero-order valence-electron chi connectivity index (χ0n) is 10.5. The van der Waals surface area contributed by atoms with E-state index in [2.05, 4.69) is 27.1 Å². The molecule has 6 nitrogen and oxygen atoms in total. The second-order valence-electron chi connectivity index (χ2n) is 3.81. The Kier molecular flexibility index (Phi) is 4.27. The normalized spacial score (nSPS) is 9.45. The summed E-state index contributed by atoms with van der Waals surface area (Å²) in [7, 11) is 0. The van der Waals surface area contributed by atoms with Crippen LogP contribution in [0, 0.1) is 11.8 Å². The number of aromatic amines is 1. The third kappa shape index (κ3) is 3.31. The SMILES string of the molecule is NCC#Cc1ccnc(NC(=O)c2c[nH]ccc2=O)c1. The molecule has 0 aliphatic rings. The van der Waals surface area contributed by atoms with Crippen molar-refractivity contribution in [2.45, 2.75) is 0 Å². The summed E-state index contributed by atoms with van der Waals surface area (Å²) in [5.74, 6) is 5.34. The maximum absolute atomic E-state index is 11.9. The molecule has 0 unspecified atom stereocenters. The fourth-order valence-corrected chi connectivity index (χ4v) is 1.51. The first-order valence-electron chi connectivity index (χ1n) is 5.84. The molecule has 4 N–H and O–H groups in total. The van der Waals surface area contributed by atoms with Gasteiger partial charge in [-0.05, 0) is 12.1 Å². The maximum Gasteiger partial charge on any atom is 0.262 e. The quantitative estimate of drug-likeness (QED) is 0.683. The Morgan fingerprint density at radius 3 is 3.05 bits per heavy atom. The summed E-state index contributed by atoms with van der Waals surface area (Å²) in [6, 6.07) is 4.59. The minimum atomic E-state index is -0.525. The van der Waals surface area contributed by atoms with Gasteiger partial charge in [0.05, 0.1) is 6.54 Å².